The highest BCUT2D eigenvalue weighted by Gasteiger charge is 2.10. The Bertz CT molecular complexity index is 1550. The number of rotatable bonds is 9. The van der Waals surface area contributed by atoms with E-state index in [-0.39, 0.29) is 26.1 Å². The average Bonchev–Trinajstić information content (AvgIpc) is 2.99. The van der Waals surface area contributed by atoms with Crippen molar-refractivity contribution >= 4 is 74.4 Å². The van der Waals surface area contributed by atoms with E-state index in [1.807, 2.05) is 0 Å². The molecule has 0 aliphatic heterocycles. The van der Waals surface area contributed by atoms with E-state index < -0.39 is 9.85 Å². The normalized spacial score (nSPS) is 9.58. The summed E-state index contributed by atoms with van der Waals surface area (Å²) >= 11 is 9.31. The highest BCUT2D eigenvalue weighted by atomic mass is 79.9. The molecule has 43 heavy (non-hydrogen) atoms. The standard InChI is InChI=1S/C14H11NO5.C13H9NO5.BBr3/c1-19-14-8-10(9-16)2-7-13(14)20-12-5-3-11(4-6-12)15(17)18;15-8-9-1-6-13(12(16)7-9)19-11-4-2-10(3-5-11)14(17)18;2-1(3)4/h2-9H,1H3;1-8,16H;. The summed E-state index contributed by atoms with van der Waals surface area (Å²) in [6.45, 7) is 0. The molecule has 0 saturated carbocycles. The van der Waals surface area contributed by atoms with Crippen LogP contribution in [0, 0.1) is 20.2 Å². The number of nitro benzene ring substituents is 2. The number of halogens is 3. The third-order valence-corrected chi connectivity index (χ3v) is 4.99. The lowest BCUT2D eigenvalue weighted by Gasteiger charge is -2.10. The molecule has 0 atom stereocenters. The van der Waals surface area contributed by atoms with Gasteiger partial charge in [-0.05, 0) is 60.7 Å². The molecule has 12 nitrogen and oxygen atoms in total. The number of methoxy groups -OCH3 is 1. The molecule has 16 heteroatoms. The number of benzene rings is 4. The summed E-state index contributed by atoms with van der Waals surface area (Å²) in [5.41, 5.74) is 0.736. The summed E-state index contributed by atoms with van der Waals surface area (Å²) in [7, 11) is 1.46. The fourth-order valence-electron chi connectivity index (χ4n) is 3.06. The predicted octanol–water partition coefficient (Wildman–Crippen LogP) is 8.27. The van der Waals surface area contributed by atoms with Crippen LogP contribution < -0.4 is 14.2 Å². The Morgan fingerprint density at radius 3 is 1.44 bits per heavy atom. The van der Waals surface area contributed by atoms with Crippen LogP contribution in [-0.2, 0) is 0 Å². The van der Waals surface area contributed by atoms with Crippen LogP contribution >= 0.6 is 47.3 Å². The molecule has 0 saturated heterocycles. The zero-order chi connectivity index (χ0) is 31.9. The van der Waals surface area contributed by atoms with E-state index in [4.69, 9.17) is 14.2 Å². The quantitative estimate of drug-likeness (QED) is 0.0755. The molecular weight excluding hydrogens is 763 g/mol. The molecule has 0 heterocycles. The second-order valence-corrected chi connectivity index (χ2v) is 14.3. The molecule has 0 aliphatic rings. The molecule has 0 unspecified atom stereocenters. The number of ether oxygens (including phenoxy) is 3. The van der Waals surface area contributed by atoms with Crippen molar-refractivity contribution in [2.45, 2.75) is 0 Å². The number of hydrogen-bond acceptors (Lipinski definition) is 10. The van der Waals surface area contributed by atoms with E-state index in [9.17, 15) is 34.9 Å². The molecule has 0 radical (unpaired) electrons. The largest absolute Gasteiger partial charge is 0.504 e. The molecule has 4 aromatic rings. The molecule has 1 N–H and O–H groups in total. The van der Waals surface area contributed by atoms with Crippen molar-refractivity contribution in [3.63, 3.8) is 0 Å². The smallest absolute Gasteiger partial charge is 0.369 e. The van der Waals surface area contributed by atoms with Crippen molar-refractivity contribution in [1.82, 2.24) is 0 Å². The summed E-state index contributed by atoms with van der Waals surface area (Å²) in [4.78, 5) is 41.2. The monoisotopic (exact) mass is 780 g/mol. The summed E-state index contributed by atoms with van der Waals surface area (Å²) in [6, 6.07) is 20.1. The maximum absolute atomic E-state index is 10.7. The van der Waals surface area contributed by atoms with Crippen molar-refractivity contribution in [1.29, 1.82) is 0 Å². The number of nitrogens with zero attached hydrogens (tertiary/aromatic N) is 2. The lowest BCUT2D eigenvalue weighted by molar-refractivity contribution is -0.385. The van der Waals surface area contributed by atoms with Gasteiger partial charge in [0.05, 0.1) is 17.0 Å². The van der Waals surface area contributed by atoms with Crippen molar-refractivity contribution in [3.8, 4) is 34.5 Å². The van der Waals surface area contributed by atoms with Gasteiger partial charge in [-0.1, -0.05) is 0 Å². The van der Waals surface area contributed by atoms with E-state index in [1.165, 1.54) is 73.8 Å². The van der Waals surface area contributed by atoms with Crippen LogP contribution in [0.5, 0.6) is 34.5 Å². The molecule has 0 spiro atoms. The maximum Gasteiger partial charge on any atom is 0.369 e. The Balaban J connectivity index is 0.000000267. The number of hydrogen-bond donors (Lipinski definition) is 1. The molecule has 0 aliphatic carbocycles. The van der Waals surface area contributed by atoms with Gasteiger partial charge in [-0.3, -0.25) is 29.8 Å². The number of aldehydes is 2. The highest BCUT2D eigenvalue weighted by molar-refractivity contribution is 9.69. The predicted molar refractivity (Wildman–Crippen MR) is 171 cm³/mol. The van der Waals surface area contributed by atoms with Gasteiger partial charge in [-0.15, -0.1) is 47.3 Å². The Morgan fingerprint density at radius 1 is 0.674 bits per heavy atom. The highest BCUT2D eigenvalue weighted by Crippen LogP contribution is 2.33. The Labute approximate surface area is 269 Å². The first-order valence-corrected chi connectivity index (χ1v) is 14.4. The summed E-state index contributed by atoms with van der Waals surface area (Å²) < 4.78 is 16.3. The van der Waals surface area contributed by atoms with E-state index in [0.717, 1.165) is 0 Å². The summed E-state index contributed by atoms with van der Waals surface area (Å²) in [5.74, 6) is 1.61. The van der Waals surface area contributed by atoms with Gasteiger partial charge in [-0.25, -0.2) is 0 Å². The summed E-state index contributed by atoms with van der Waals surface area (Å²) in [5, 5.41) is 30.7. The number of carbonyl (C=O) groups is 2. The lowest BCUT2D eigenvalue weighted by Crippen LogP contribution is -1.92. The molecule has 0 amide bonds. The van der Waals surface area contributed by atoms with Gasteiger partial charge in [0.1, 0.15) is 24.1 Å². The van der Waals surface area contributed by atoms with Crippen molar-refractivity contribution < 1.29 is 38.8 Å². The molecule has 4 aromatic carbocycles. The number of phenols is 1. The van der Waals surface area contributed by atoms with Crippen LogP contribution in [0.15, 0.2) is 84.9 Å². The number of phenolic OH excluding ortho intramolecular Hbond substituents is 1. The minimum Gasteiger partial charge on any atom is -0.504 e. The zero-order valence-electron chi connectivity index (χ0n) is 22.0. The van der Waals surface area contributed by atoms with Gasteiger partial charge >= 0.3 is 3.18 Å². The minimum absolute atomic E-state index is 0.0133. The van der Waals surface area contributed by atoms with Gasteiger partial charge in [0.25, 0.3) is 11.4 Å². The Hall–Kier alpha value is -4.28. The Kier molecular flexibility index (Phi) is 14.3. The lowest BCUT2D eigenvalue weighted by atomic mass is 10.2. The fourth-order valence-corrected chi connectivity index (χ4v) is 3.06. The fraction of sp³-hybridized carbons (Fsp3) is 0.0370. The number of carbonyl (C=O) groups excluding carboxylic acids is 2. The molecule has 0 aromatic heterocycles. The van der Waals surface area contributed by atoms with Crippen molar-refractivity contribution in [2.24, 2.45) is 0 Å². The first-order chi connectivity index (χ1) is 20.5. The van der Waals surface area contributed by atoms with Crippen LogP contribution in [-0.4, -0.2) is 37.8 Å². The molecule has 222 valence electrons. The Morgan fingerprint density at radius 2 is 1.07 bits per heavy atom. The van der Waals surface area contributed by atoms with E-state index in [2.05, 4.69) is 47.3 Å². The molecule has 0 bridgehead atoms. The third-order valence-electron chi connectivity index (χ3n) is 4.99. The first kappa shape index (κ1) is 34.9. The first-order valence-electron chi connectivity index (χ1n) is 11.7. The number of non-ortho nitro benzene ring substituents is 2. The van der Waals surface area contributed by atoms with Crippen LogP contribution in [0.2, 0.25) is 0 Å². The second kappa shape index (κ2) is 17.6. The van der Waals surface area contributed by atoms with E-state index >= 15 is 0 Å². The van der Waals surface area contributed by atoms with Crippen LogP contribution in [0.4, 0.5) is 11.4 Å². The number of nitro groups is 2. The molecule has 4 rings (SSSR count). The average molecular weight is 783 g/mol. The third kappa shape index (κ3) is 11.9. The topological polar surface area (TPSA) is 168 Å². The second-order valence-electron chi connectivity index (χ2n) is 7.83. The van der Waals surface area contributed by atoms with Gasteiger partial charge in [0.2, 0.25) is 0 Å². The van der Waals surface area contributed by atoms with Crippen molar-refractivity contribution in [3.05, 3.63) is 116 Å². The van der Waals surface area contributed by atoms with E-state index in [0.29, 0.717) is 46.7 Å². The maximum atomic E-state index is 10.7. The van der Waals surface area contributed by atoms with Gasteiger partial charge < -0.3 is 19.3 Å². The minimum atomic E-state index is -0.514. The van der Waals surface area contributed by atoms with Crippen molar-refractivity contribution in [2.75, 3.05) is 7.11 Å². The number of aromatic hydroxyl groups is 1. The molecule has 0 fully saturated rings. The molecular formula is C27H20BBr3N2O10. The van der Waals surface area contributed by atoms with Gasteiger partial charge in [0, 0.05) is 35.4 Å². The van der Waals surface area contributed by atoms with Crippen LogP contribution in [0.3, 0.4) is 0 Å². The van der Waals surface area contributed by atoms with Gasteiger partial charge in [0.15, 0.2) is 23.0 Å². The van der Waals surface area contributed by atoms with Gasteiger partial charge in [-0.2, -0.15) is 0 Å². The zero-order valence-corrected chi connectivity index (χ0v) is 26.7. The summed E-state index contributed by atoms with van der Waals surface area (Å²) in [6.07, 6.45) is 1.31. The van der Waals surface area contributed by atoms with E-state index in [1.54, 1.807) is 18.2 Å². The van der Waals surface area contributed by atoms with Crippen LogP contribution in [0.25, 0.3) is 0 Å². The SMILES string of the molecule is BrB(Br)Br.COc1cc(C=O)ccc1Oc1ccc([N+](=O)[O-])cc1.O=Cc1ccc(Oc2ccc([N+](=O)[O-])cc2)c(O)c1. The van der Waals surface area contributed by atoms with Crippen LogP contribution in [0.1, 0.15) is 20.7 Å².